The van der Waals surface area contributed by atoms with Gasteiger partial charge in [-0.25, -0.2) is 9.59 Å². The summed E-state index contributed by atoms with van der Waals surface area (Å²) < 4.78 is 10.9. The number of rotatable bonds is 14. The molecule has 2 amide bonds. The Morgan fingerprint density at radius 3 is 1.74 bits per heavy atom. The molecule has 0 radical (unpaired) electrons. The fourth-order valence-electron chi connectivity index (χ4n) is 3.75. The number of hydrogen-bond donors (Lipinski definition) is 2. The Bertz CT molecular complexity index is 1160. The van der Waals surface area contributed by atoms with Gasteiger partial charge in [0.25, 0.3) is 0 Å². The second-order valence-corrected chi connectivity index (χ2v) is 10.6. The van der Waals surface area contributed by atoms with E-state index in [4.69, 9.17) is 9.47 Å². The van der Waals surface area contributed by atoms with E-state index in [-0.39, 0.29) is 19.1 Å². The van der Waals surface area contributed by atoms with Crippen molar-refractivity contribution in [3.8, 4) is 0 Å². The van der Waals surface area contributed by atoms with E-state index in [2.05, 4.69) is 10.6 Å². The SMILES string of the molecule is CC(C)C[C@H](NC(=O)[C@H](CSCc1ccccc1)NC(=O)OCc1ccccc1)C(=O)OCc1ccccc1. The second kappa shape index (κ2) is 16.2. The summed E-state index contributed by atoms with van der Waals surface area (Å²) in [6.45, 7) is 4.14. The van der Waals surface area contributed by atoms with E-state index in [1.165, 1.54) is 11.8 Å². The van der Waals surface area contributed by atoms with Gasteiger partial charge < -0.3 is 20.1 Å². The number of hydrogen-bond acceptors (Lipinski definition) is 6. The van der Waals surface area contributed by atoms with Gasteiger partial charge in [0.1, 0.15) is 25.3 Å². The summed E-state index contributed by atoms with van der Waals surface area (Å²) in [4.78, 5) is 38.9. The molecule has 7 nitrogen and oxygen atoms in total. The van der Waals surface area contributed by atoms with Crippen LogP contribution in [0.4, 0.5) is 4.79 Å². The van der Waals surface area contributed by atoms with Gasteiger partial charge in [0.15, 0.2) is 0 Å². The number of nitrogens with one attached hydrogen (secondary N) is 2. The molecule has 0 saturated heterocycles. The highest BCUT2D eigenvalue weighted by Gasteiger charge is 2.29. The lowest BCUT2D eigenvalue weighted by atomic mass is 10.0. The van der Waals surface area contributed by atoms with Crippen LogP contribution in [0.5, 0.6) is 0 Å². The smallest absolute Gasteiger partial charge is 0.408 e. The van der Waals surface area contributed by atoms with Crippen LogP contribution in [0.25, 0.3) is 0 Å². The molecule has 206 valence electrons. The van der Waals surface area contributed by atoms with Crippen molar-refractivity contribution in [2.24, 2.45) is 5.92 Å². The lowest BCUT2D eigenvalue weighted by molar-refractivity contribution is -0.149. The summed E-state index contributed by atoms with van der Waals surface area (Å²) in [5, 5.41) is 5.50. The topological polar surface area (TPSA) is 93.7 Å². The molecule has 0 saturated carbocycles. The molecule has 3 rings (SSSR count). The standard InChI is InChI=1S/C31H36N2O5S/c1-23(2)18-27(30(35)37-19-24-12-6-3-7-13-24)32-29(34)28(22-39-21-26-16-10-5-11-17-26)33-31(36)38-20-25-14-8-4-9-15-25/h3-17,23,27-28H,18-22H2,1-2H3,(H,32,34)(H,33,36)/t27-,28-/m0/s1. The van der Waals surface area contributed by atoms with Crippen LogP contribution in [0, 0.1) is 5.92 Å². The number of alkyl carbamates (subject to hydrolysis) is 1. The largest absolute Gasteiger partial charge is 0.459 e. The minimum absolute atomic E-state index is 0.0833. The Morgan fingerprint density at radius 1 is 0.692 bits per heavy atom. The molecule has 0 aliphatic heterocycles. The molecule has 0 aromatic heterocycles. The van der Waals surface area contributed by atoms with Crippen LogP contribution in [0.3, 0.4) is 0 Å². The van der Waals surface area contributed by atoms with Gasteiger partial charge in [-0.1, -0.05) is 105 Å². The first-order valence-corrected chi connectivity index (χ1v) is 14.2. The molecule has 0 heterocycles. The highest BCUT2D eigenvalue weighted by molar-refractivity contribution is 7.98. The summed E-state index contributed by atoms with van der Waals surface area (Å²) in [7, 11) is 0. The minimum Gasteiger partial charge on any atom is -0.459 e. The number of amides is 2. The van der Waals surface area contributed by atoms with Crippen LogP contribution >= 0.6 is 11.8 Å². The van der Waals surface area contributed by atoms with Crippen molar-refractivity contribution in [2.75, 3.05) is 5.75 Å². The summed E-state index contributed by atoms with van der Waals surface area (Å²) in [6, 6.07) is 26.8. The maximum absolute atomic E-state index is 13.4. The van der Waals surface area contributed by atoms with Crippen LogP contribution < -0.4 is 10.6 Å². The van der Waals surface area contributed by atoms with Gasteiger partial charge >= 0.3 is 12.1 Å². The van der Waals surface area contributed by atoms with E-state index >= 15 is 0 Å². The summed E-state index contributed by atoms with van der Waals surface area (Å²) in [5.74, 6) is 0.126. The summed E-state index contributed by atoms with van der Waals surface area (Å²) in [6.07, 6.45) is -0.298. The highest BCUT2D eigenvalue weighted by Crippen LogP contribution is 2.15. The average molecular weight is 549 g/mol. The molecule has 0 aliphatic rings. The van der Waals surface area contributed by atoms with E-state index in [1.807, 2.05) is 105 Å². The van der Waals surface area contributed by atoms with Crippen LogP contribution in [0.2, 0.25) is 0 Å². The molecule has 0 fully saturated rings. The molecule has 0 bridgehead atoms. The molecule has 8 heteroatoms. The summed E-state index contributed by atoms with van der Waals surface area (Å²) in [5.41, 5.74) is 2.80. The number of ether oxygens (including phenoxy) is 2. The lowest BCUT2D eigenvalue weighted by Crippen LogP contribution is -2.53. The number of carbonyl (C=O) groups excluding carboxylic acids is 3. The first kappa shape index (κ1) is 29.8. The third-order valence-electron chi connectivity index (χ3n) is 5.75. The lowest BCUT2D eigenvalue weighted by Gasteiger charge is -2.23. The van der Waals surface area contributed by atoms with Gasteiger partial charge in [-0.15, -0.1) is 0 Å². The van der Waals surface area contributed by atoms with Crippen LogP contribution in [-0.4, -0.2) is 35.8 Å². The highest BCUT2D eigenvalue weighted by atomic mass is 32.2. The first-order chi connectivity index (χ1) is 18.9. The molecule has 39 heavy (non-hydrogen) atoms. The molecule has 3 aromatic carbocycles. The van der Waals surface area contributed by atoms with Gasteiger partial charge in [-0.05, 0) is 29.0 Å². The maximum Gasteiger partial charge on any atom is 0.408 e. The van der Waals surface area contributed by atoms with E-state index < -0.39 is 30.1 Å². The molecule has 0 spiro atoms. The number of carbonyl (C=O) groups is 3. The minimum atomic E-state index is -0.904. The maximum atomic E-state index is 13.4. The number of esters is 1. The van der Waals surface area contributed by atoms with Crippen molar-refractivity contribution in [3.63, 3.8) is 0 Å². The predicted molar refractivity (Wildman–Crippen MR) is 154 cm³/mol. The quantitative estimate of drug-likeness (QED) is 0.259. The van der Waals surface area contributed by atoms with E-state index in [0.29, 0.717) is 17.9 Å². The zero-order valence-electron chi connectivity index (χ0n) is 22.4. The monoisotopic (exact) mass is 548 g/mol. The Morgan fingerprint density at radius 2 is 1.21 bits per heavy atom. The second-order valence-electron chi connectivity index (χ2n) is 9.54. The Kier molecular flexibility index (Phi) is 12.4. The van der Waals surface area contributed by atoms with Crippen molar-refractivity contribution < 1.29 is 23.9 Å². The molecule has 2 atom stereocenters. The normalized spacial score (nSPS) is 12.3. The molecule has 2 N–H and O–H groups in total. The Balaban J connectivity index is 1.63. The van der Waals surface area contributed by atoms with Gasteiger partial charge in [0.05, 0.1) is 0 Å². The third-order valence-corrected chi connectivity index (χ3v) is 6.86. The van der Waals surface area contributed by atoms with Crippen molar-refractivity contribution in [1.29, 1.82) is 0 Å². The fourth-order valence-corrected chi connectivity index (χ4v) is 4.76. The van der Waals surface area contributed by atoms with Gasteiger partial charge in [0.2, 0.25) is 5.91 Å². The van der Waals surface area contributed by atoms with Crippen molar-refractivity contribution >= 4 is 29.7 Å². The van der Waals surface area contributed by atoms with Crippen LogP contribution in [0.15, 0.2) is 91.0 Å². The van der Waals surface area contributed by atoms with Crippen molar-refractivity contribution in [2.45, 2.75) is 51.3 Å². The van der Waals surface area contributed by atoms with Crippen molar-refractivity contribution in [1.82, 2.24) is 10.6 Å². The van der Waals surface area contributed by atoms with Crippen LogP contribution in [-0.2, 0) is 38.0 Å². The molecular formula is C31H36N2O5S. The zero-order chi connectivity index (χ0) is 27.9. The van der Waals surface area contributed by atoms with Crippen molar-refractivity contribution in [3.05, 3.63) is 108 Å². The van der Waals surface area contributed by atoms with Gasteiger partial charge in [-0.3, -0.25) is 4.79 Å². The van der Waals surface area contributed by atoms with Gasteiger partial charge in [0, 0.05) is 11.5 Å². The summed E-state index contributed by atoms with van der Waals surface area (Å²) >= 11 is 1.51. The molecule has 3 aromatic rings. The molecule has 0 aliphatic carbocycles. The van der Waals surface area contributed by atoms with E-state index in [1.54, 1.807) is 0 Å². The Labute approximate surface area is 234 Å². The third kappa shape index (κ3) is 11.2. The Hall–Kier alpha value is -3.78. The van der Waals surface area contributed by atoms with E-state index in [9.17, 15) is 14.4 Å². The van der Waals surface area contributed by atoms with Gasteiger partial charge in [-0.2, -0.15) is 11.8 Å². The predicted octanol–water partition coefficient (Wildman–Crippen LogP) is 5.49. The number of thioether (sulfide) groups is 1. The average Bonchev–Trinajstić information content (AvgIpc) is 2.95. The zero-order valence-corrected chi connectivity index (χ0v) is 23.2. The fraction of sp³-hybridized carbons (Fsp3) is 0.323. The van der Waals surface area contributed by atoms with E-state index in [0.717, 1.165) is 16.7 Å². The molecular weight excluding hydrogens is 512 g/mol. The number of benzene rings is 3. The molecule has 0 unspecified atom stereocenters. The van der Waals surface area contributed by atoms with Crippen LogP contribution in [0.1, 0.15) is 37.0 Å². The first-order valence-electron chi connectivity index (χ1n) is 13.0.